The van der Waals surface area contributed by atoms with Crippen molar-refractivity contribution in [3.8, 4) is 0 Å². The van der Waals surface area contributed by atoms with Crippen LogP contribution in [0.3, 0.4) is 0 Å². The van der Waals surface area contributed by atoms with E-state index in [2.05, 4.69) is 10.1 Å². The first-order valence-corrected chi connectivity index (χ1v) is 7.49. The summed E-state index contributed by atoms with van der Waals surface area (Å²) in [7, 11) is 1.31. The van der Waals surface area contributed by atoms with E-state index in [0.29, 0.717) is 5.56 Å². The van der Waals surface area contributed by atoms with E-state index in [1.807, 2.05) is 0 Å². The highest BCUT2D eigenvalue weighted by atomic mass is 16.6. The normalized spacial score (nSPS) is 20.1. The molecule has 1 atom stereocenters. The second-order valence-corrected chi connectivity index (χ2v) is 5.70. The van der Waals surface area contributed by atoms with Crippen molar-refractivity contribution in [2.75, 3.05) is 13.7 Å². The number of nitrogens with one attached hydrogen (secondary N) is 1. The Morgan fingerprint density at radius 3 is 2.87 bits per heavy atom. The molecule has 2 amide bonds. The molecule has 1 aliphatic carbocycles. The molecule has 7 nitrogen and oxygen atoms in total. The Balaban J connectivity index is 1.72. The lowest BCUT2D eigenvalue weighted by molar-refractivity contribution is -0.125. The third kappa shape index (κ3) is 3.44. The van der Waals surface area contributed by atoms with Crippen molar-refractivity contribution < 1.29 is 23.9 Å². The molecular weight excluding hydrogens is 300 g/mol. The first kappa shape index (κ1) is 15.3. The van der Waals surface area contributed by atoms with Crippen molar-refractivity contribution in [1.82, 2.24) is 10.2 Å². The number of cyclic esters (lactones) is 1. The molecule has 1 aliphatic heterocycles. The zero-order chi connectivity index (χ0) is 16.4. The average Bonchev–Trinajstić information content (AvgIpc) is 3.30. The van der Waals surface area contributed by atoms with Gasteiger partial charge >= 0.3 is 12.1 Å². The van der Waals surface area contributed by atoms with Gasteiger partial charge in [-0.05, 0) is 30.5 Å². The maximum Gasteiger partial charge on any atom is 0.410 e. The van der Waals surface area contributed by atoms with Crippen LogP contribution in [-0.2, 0) is 20.8 Å². The number of amides is 2. The molecule has 0 radical (unpaired) electrons. The molecule has 1 N–H and O–H groups in total. The molecule has 0 aromatic heterocycles. The van der Waals surface area contributed by atoms with Crippen molar-refractivity contribution in [3.05, 3.63) is 35.4 Å². The SMILES string of the molecule is COC(=O)c1cccc(CN2C(=O)OC[C@H]2C(=O)NC2CC2)c1. The Labute approximate surface area is 133 Å². The predicted octanol–water partition coefficient (Wildman–Crippen LogP) is 1.07. The molecule has 1 saturated carbocycles. The number of carbonyl (C=O) groups excluding carboxylic acids is 3. The van der Waals surface area contributed by atoms with Gasteiger partial charge in [-0.25, -0.2) is 9.59 Å². The number of hydrogen-bond acceptors (Lipinski definition) is 5. The van der Waals surface area contributed by atoms with Gasteiger partial charge in [-0.1, -0.05) is 12.1 Å². The van der Waals surface area contributed by atoms with E-state index in [-0.39, 0.29) is 25.1 Å². The zero-order valence-corrected chi connectivity index (χ0v) is 12.8. The van der Waals surface area contributed by atoms with Crippen molar-refractivity contribution in [3.63, 3.8) is 0 Å². The Hall–Kier alpha value is -2.57. The Morgan fingerprint density at radius 2 is 2.17 bits per heavy atom. The first-order chi connectivity index (χ1) is 11.1. The summed E-state index contributed by atoms with van der Waals surface area (Å²) in [5.41, 5.74) is 1.13. The molecule has 1 saturated heterocycles. The number of methoxy groups -OCH3 is 1. The van der Waals surface area contributed by atoms with Gasteiger partial charge in [-0.3, -0.25) is 9.69 Å². The molecule has 3 rings (SSSR count). The summed E-state index contributed by atoms with van der Waals surface area (Å²) in [5, 5.41) is 2.88. The van der Waals surface area contributed by atoms with Crippen molar-refractivity contribution in [1.29, 1.82) is 0 Å². The van der Waals surface area contributed by atoms with Crippen LogP contribution < -0.4 is 5.32 Å². The topological polar surface area (TPSA) is 84.9 Å². The minimum absolute atomic E-state index is 0.0497. The molecule has 0 spiro atoms. The van der Waals surface area contributed by atoms with Crippen LogP contribution in [-0.4, -0.2) is 48.7 Å². The van der Waals surface area contributed by atoms with Crippen LogP contribution in [0.5, 0.6) is 0 Å². The lowest BCUT2D eigenvalue weighted by Crippen LogP contribution is -2.46. The van der Waals surface area contributed by atoms with Crippen LogP contribution in [0, 0.1) is 0 Å². The van der Waals surface area contributed by atoms with Crippen molar-refractivity contribution in [2.45, 2.75) is 31.5 Å². The molecule has 0 bridgehead atoms. The van der Waals surface area contributed by atoms with Gasteiger partial charge in [0.1, 0.15) is 12.6 Å². The molecule has 1 heterocycles. The van der Waals surface area contributed by atoms with Crippen molar-refractivity contribution in [2.24, 2.45) is 0 Å². The largest absolute Gasteiger partial charge is 0.465 e. The first-order valence-electron chi connectivity index (χ1n) is 7.49. The zero-order valence-electron chi connectivity index (χ0n) is 12.8. The van der Waals surface area contributed by atoms with E-state index in [9.17, 15) is 14.4 Å². The fourth-order valence-corrected chi connectivity index (χ4v) is 2.48. The molecule has 0 unspecified atom stereocenters. The Bertz CT molecular complexity index is 641. The summed E-state index contributed by atoms with van der Waals surface area (Å²) < 4.78 is 9.69. The van der Waals surface area contributed by atoms with Gasteiger partial charge in [-0.2, -0.15) is 0 Å². The summed E-state index contributed by atoms with van der Waals surface area (Å²) in [4.78, 5) is 37.1. The summed E-state index contributed by atoms with van der Waals surface area (Å²) in [6.07, 6.45) is 1.44. The molecule has 1 aromatic carbocycles. The standard InChI is InChI=1S/C16H18N2O5/c1-22-15(20)11-4-2-3-10(7-11)8-18-13(9-23-16(18)21)14(19)17-12-5-6-12/h2-4,7,12-13H,5-6,8-9H2,1H3,(H,17,19)/t13-/m0/s1. The number of ether oxygens (including phenoxy) is 2. The Kier molecular flexibility index (Phi) is 4.18. The molecule has 1 aromatic rings. The average molecular weight is 318 g/mol. The molecule has 2 aliphatic rings. The van der Waals surface area contributed by atoms with Gasteiger partial charge in [0.2, 0.25) is 5.91 Å². The lowest BCUT2D eigenvalue weighted by atomic mass is 10.1. The minimum atomic E-state index is -0.634. The fraction of sp³-hybridized carbons (Fsp3) is 0.438. The van der Waals surface area contributed by atoms with Crippen molar-refractivity contribution >= 4 is 18.0 Å². The smallest absolute Gasteiger partial charge is 0.410 e. The van der Waals surface area contributed by atoms with Gasteiger partial charge < -0.3 is 14.8 Å². The Morgan fingerprint density at radius 1 is 1.39 bits per heavy atom. The molecule has 2 fully saturated rings. The van der Waals surface area contributed by atoms with E-state index in [0.717, 1.165) is 18.4 Å². The number of benzene rings is 1. The molecular formula is C16H18N2O5. The van der Waals surface area contributed by atoms with E-state index >= 15 is 0 Å². The van der Waals surface area contributed by atoms with E-state index in [4.69, 9.17) is 4.74 Å². The maximum absolute atomic E-state index is 12.2. The summed E-state index contributed by atoms with van der Waals surface area (Å²) in [6, 6.07) is 6.37. The minimum Gasteiger partial charge on any atom is -0.465 e. The van der Waals surface area contributed by atoms with Crippen LogP contribution in [0.15, 0.2) is 24.3 Å². The third-order valence-corrected chi connectivity index (χ3v) is 3.90. The molecule has 7 heteroatoms. The number of hydrogen-bond donors (Lipinski definition) is 1. The molecule has 122 valence electrons. The van der Waals surface area contributed by atoms with E-state index in [1.54, 1.807) is 24.3 Å². The van der Waals surface area contributed by atoms with Crippen LogP contribution in [0.25, 0.3) is 0 Å². The fourth-order valence-electron chi connectivity index (χ4n) is 2.48. The van der Waals surface area contributed by atoms with E-state index < -0.39 is 18.1 Å². The number of esters is 1. The van der Waals surface area contributed by atoms with E-state index in [1.165, 1.54) is 12.0 Å². The summed E-state index contributed by atoms with van der Waals surface area (Å²) in [5.74, 6) is -0.638. The van der Waals surface area contributed by atoms with Gasteiger partial charge in [0.25, 0.3) is 0 Å². The maximum atomic E-state index is 12.2. The van der Waals surface area contributed by atoms with Gasteiger partial charge in [0.15, 0.2) is 0 Å². The lowest BCUT2D eigenvalue weighted by Gasteiger charge is -2.21. The summed E-state index contributed by atoms with van der Waals surface area (Å²) in [6.45, 7) is 0.250. The highest BCUT2D eigenvalue weighted by molar-refractivity contribution is 5.90. The van der Waals surface area contributed by atoms with Gasteiger partial charge in [-0.15, -0.1) is 0 Å². The summed E-state index contributed by atoms with van der Waals surface area (Å²) >= 11 is 0. The van der Waals surface area contributed by atoms with Crippen LogP contribution in [0.1, 0.15) is 28.8 Å². The van der Waals surface area contributed by atoms with Crippen LogP contribution in [0.4, 0.5) is 4.79 Å². The number of carbonyl (C=O) groups is 3. The predicted molar refractivity (Wildman–Crippen MR) is 79.6 cm³/mol. The third-order valence-electron chi connectivity index (χ3n) is 3.90. The van der Waals surface area contributed by atoms with Crippen LogP contribution >= 0.6 is 0 Å². The monoisotopic (exact) mass is 318 g/mol. The van der Waals surface area contributed by atoms with Crippen LogP contribution in [0.2, 0.25) is 0 Å². The highest BCUT2D eigenvalue weighted by Gasteiger charge is 2.39. The highest BCUT2D eigenvalue weighted by Crippen LogP contribution is 2.22. The number of rotatable bonds is 5. The van der Waals surface area contributed by atoms with Gasteiger partial charge in [0.05, 0.1) is 19.2 Å². The number of nitrogens with zero attached hydrogens (tertiary/aromatic N) is 1. The van der Waals surface area contributed by atoms with Gasteiger partial charge in [0, 0.05) is 6.04 Å². The second kappa shape index (κ2) is 6.28. The quantitative estimate of drug-likeness (QED) is 0.821. The molecule has 23 heavy (non-hydrogen) atoms. The second-order valence-electron chi connectivity index (χ2n) is 5.70.